The van der Waals surface area contributed by atoms with Crippen LogP contribution in [0.1, 0.15) is 55.2 Å². The van der Waals surface area contributed by atoms with Gasteiger partial charge in [-0.2, -0.15) is 0 Å². The zero-order valence-corrected chi connectivity index (χ0v) is 21.3. The summed E-state index contributed by atoms with van der Waals surface area (Å²) >= 11 is 0. The fourth-order valence-electron chi connectivity index (χ4n) is 5.98. The normalized spacial score (nSPS) is 23.6. The van der Waals surface area contributed by atoms with Crippen molar-refractivity contribution < 1.29 is 14.6 Å². The minimum Gasteiger partial charge on any atom is -0.493 e. The minimum absolute atomic E-state index is 0.146. The molecule has 1 N–H and O–H groups in total. The standard InChI is InChI=1S/C30H37N3O3/c1-30(29(34)17-22-9-13-31-14-10-22)21-33(19-23-11-15-32-16-12-23)20-26(30)24-7-8-27(35-2)28(18-24)36-25-5-3-4-6-25/h7-16,18,25-26,29,34H,3-6,17,19-21H2,1-2H3/t26-,29+,30+/m0/s1. The molecule has 2 aromatic heterocycles. The maximum Gasteiger partial charge on any atom is 0.161 e. The topological polar surface area (TPSA) is 67.7 Å². The Hall–Kier alpha value is -2.96. The lowest BCUT2D eigenvalue weighted by atomic mass is 9.70. The second-order valence-corrected chi connectivity index (χ2v) is 10.6. The van der Waals surface area contributed by atoms with Crippen molar-refractivity contribution >= 4 is 0 Å². The Labute approximate surface area is 214 Å². The summed E-state index contributed by atoms with van der Waals surface area (Å²) in [5.41, 5.74) is 3.19. The molecule has 6 heteroatoms. The van der Waals surface area contributed by atoms with Gasteiger partial charge in [-0.15, -0.1) is 0 Å². The van der Waals surface area contributed by atoms with Gasteiger partial charge < -0.3 is 14.6 Å². The summed E-state index contributed by atoms with van der Waals surface area (Å²) in [4.78, 5) is 10.8. The van der Waals surface area contributed by atoms with Gasteiger partial charge in [0.05, 0.1) is 19.3 Å². The van der Waals surface area contributed by atoms with Crippen molar-refractivity contribution in [1.29, 1.82) is 0 Å². The van der Waals surface area contributed by atoms with Crippen molar-refractivity contribution in [3.05, 3.63) is 83.9 Å². The molecule has 2 aliphatic rings. The maximum atomic E-state index is 11.7. The van der Waals surface area contributed by atoms with Crippen LogP contribution in [0.3, 0.4) is 0 Å². The highest BCUT2D eigenvalue weighted by Gasteiger charge is 2.48. The molecule has 3 atom stereocenters. The van der Waals surface area contributed by atoms with Crippen LogP contribution in [-0.4, -0.2) is 52.4 Å². The summed E-state index contributed by atoms with van der Waals surface area (Å²) in [6.45, 7) is 4.73. The number of aliphatic hydroxyl groups is 1. The third-order valence-electron chi connectivity index (χ3n) is 8.08. The van der Waals surface area contributed by atoms with E-state index in [0.717, 1.165) is 49.5 Å². The second kappa shape index (κ2) is 11.0. The number of methoxy groups -OCH3 is 1. The largest absolute Gasteiger partial charge is 0.493 e. The molecule has 5 rings (SSSR count). The summed E-state index contributed by atoms with van der Waals surface area (Å²) in [6.07, 6.45) is 12.3. The number of likely N-dealkylation sites (tertiary alicyclic amines) is 1. The first kappa shape index (κ1) is 24.7. The molecular weight excluding hydrogens is 450 g/mol. The number of benzene rings is 1. The Morgan fingerprint density at radius 2 is 1.64 bits per heavy atom. The van der Waals surface area contributed by atoms with E-state index in [0.29, 0.717) is 6.42 Å². The van der Waals surface area contributed by atoms with Gasteiger partial charge in [0, 0.05) is 55.8 Å². The van der Waals surface area contributed by atoms with Gasteiger partial charge in [0.25, 0.3) is 0 Å². The van der Waals surface area contributed by atoms with Gasteiger partial charge in [-0.05, 0) is 85.2 Å². The molecule has 3 aromatic rings. The molecule has 2 fully saturated rings. The average Bonchev–Trinajstić information content (AvgIpc) is 3.53. The zero-order chi connectivity index (χ0) is 25.0. The molecule has 1 saturated heterocycles. The van der Waals surface area contributed by atoms with E-state index >= 15 is 0 Å². The number of hydrogen-bond donors (Lipinski definition) is 1. The smallest absolute Gasteiger partial charge is 0.161 e. The van der Waals surface area contributed by atoms with E-state index in [1.165, 1.54) is 24.0 Å². The first-order valence-electron chi connectivity index (χ1n) is 13.1. The van der Waals surface area contributed by atoms with Crippen LogP contribution in [0.15, 0.2) is 67.3 Å². The highest BCUT2D eigenvalue weighted by molar-refractivity contribution is 5.45. The Kier molecular flexibility index (Phi) is 7.54. The van der Waals surface area contributed by atoms with Gasteiger partial charge in [0.2, 0.25) is 0 Å². The number of aliphatic hydroxyl groups excluding tert-OH is 1. The molecule has 3 heterocycles. The van der Waals surface area contributed by atoms with Crippen molar-refractivity contribution in [1.82, 2.24) is 14.9 Å². The Morgan fingerprint density at radius 1 is 0.972 bits per heavy atom. The summed E-state index contributed by atoms with van der Waals surface area (Å²) < 4.78 is 12.1. The minimum atomic E-state index is -0.506. The Balaban J connectivity index is 1.45. The third-order valence-corrected chi connectivity index (χ3v) is 8.08. The first-order valence-corrected chi connectivity index (χ1v) is 13.1. The number of aromatic nitrogens is 2. The maximum absolute atomic E-state index is 11.7. The molecule has 36 heavy (non-hydrogen) atoms. The van der Waals surface area contributed by atoms with Crippen molar-refractivity contribution in [2.75, 3.05) is 20.2 Å². The van der Waals surface area contributed by atoms with E-state index in [9.17, 15) is 5.11 Å². The van der Waals surface area contributed by atoms with E-state index < -0.39 is 6.10 Å². The fourth-order valence-corrected chi connectivity index (χ4v) is 5.98. The molecule has 190 valence electrons. The molecule has 1 aliphatic heterocycles. The van der Waals surface area contributed by atoms with Gasteiger partial charge in [-0.3, -0.25) is 14.9 Å². The number of rotatable bonds is 9. The van der Waals surface area contributed by atoms with Crippen LogP contribution in [0.2, 0.25) is 0 Å². The molecule has 0 radical (unpaired) electrons. The Morgan fingerprint density at radius 3 is 2.31 bits per heavy atom. The van der Waals surface area contributed by atoms with Gasteiger partial charge >= 0.3 is 0 Å². The lowest BCUT2D eigenvalue weighted by molar-refractivity contribution is 0.0330. The van der Waals surface area contributed by atoms with Gasteiger partial charge in [-0.1, -0.05) is 13.0 Å². The molecule has 0 bridgehead atoms. The van der Waals surface area contributed by atoms with Crippen LogP contribution in [0.4, 0.5) is 0 Å². The van der Waals surface area contributed by atoms with Crippen molar-refractivity contribution in [2.24, 2.45) is 5.41 Å². The fraction of sp³-hybridized carbons (Fsp3) is 0.467. The number of pyridine rings is 2. The van der Waals surface area contributed by atoms with Gasteiger partial charge in [0.15, 0.2) is 11.5 Å². The molecule has 6 nitrogen and oxygen atoms in total. The van der Waals surface area contributed by atoms with E-state index in [1.54, 1.807) is 19.5 Å². The zero-order valence-electron chi connectivity index (χ0n) is 21.3. The third kappa shape index (κ3) is 5.40. The number of ether oxygens (including phenoxy) is 2. The predicted molar refractivity (Wildman–Crippen MR) is 140 cm³/mol. The quantitative estimate of drug-likeness (QED) is 0.457. The summed E-state index contributed by atoms with van der Waals surface area (Å²) in [5, 5.41) is 11.7. The van der Waals surface area contributed by atoms with Crippen LogP contribution >= 0.6 is 0 Å². The summed E-state index contributed by atoms with van der Waals surface area (Å²) in [5.74, 6) is 1.74. The van der Waals surface area contributed by atoms with Crippen molar-refractivity contribution in [2.45, 2.75) is 63.7 Å². The van der Waals surface area contributed by atoms with Gasteiger partial charge in [0.1, 0.15) is 0 Å². The SMILES string of the molecule is COc1ccc([C@@H]2CN(Cc3ccncc3)C[C@@]2(C)[C@H](O)Cc2ccncc2)cc1OC1CCCC1. The average molecular weight is 488 g/mol. The molecule has 0 amide bonds. The Bertz CT molecular complexity index is 1120. The molecule has 0 unspecified atom stereocenters. The second-order valence-electron chi connectivity index (χ2n) is 10.6. The summed E-state index contributed by atoms with van der Waals surface area (Å²) in [6, 6.07) is 14.5. The van der Waals surface area contributed by atoms with Crippen LogP contribution < -0.4 is 9.47 Å². The molecular formula is C30H37N3O3. The highest BCUT2D eigenvalue weighted by Crippen LogP contribution is 2.48. The van der Waals surface area contributed by atoms with Crippen LogP contribution in [0.25, 0.3) is 0 Å². The van der Waals surface area contributed by atoms with Crippen molar-refractivity contribution in [3.8, 4) is 11.5 Å². The first-order chi connectivity index (χ1) is 17.5. The molecule has 0 spiro atoms. The molecule has 1 saturated carbocycles. The van der Waals surface area contributed by atoms with E-state index in [4.69, 9.17) is 9.47 Å². The lowest BCUT2D eigenvalue weighted by Crippen LogP contribution is -2.40. The van der Waals surface area contributed by atoms with Crippen molar-refractivity contribution in [3.63, 3.8) is 0 Å². The van der Waals surface area contributed by atoms with Gasteiger partial charge in [-0.25, -0.2) is 0 Å². The van der Waals surface area contributed by atoms with E-state index in [-0.39, 0.29) is 17.4 Å². The number of hydrogen-bond acceptors (Lipinski definition) is 6. The van der Waals surface area contributed by atoms with E-state index in [2.05, 4.69) is 46.1 Å². The highest BCUT2D eigenvalue weighted by atomic mass is 16.5. The molecule has 1 aliphatic carbocycles. The van der Waals surface area contributed by atoms with Crippen LogP contribution in [-0.2, 0) is 13.0 Å². The summed E-state index contributed by atoms with van der Waals surface area (Å²) in [7, 11) is 1.70. The lowest BCUT2D eigenvalue weighted by Gasteiger charge is -2.36. The van der Waals surface area contributed by atoms with Crippen LogP contribution in [0.5, 0.6) is 11.5 Å². The predicted octanol–water partition coefficient (Wildman–Crippen LogP) is 5.02. The molecule has 1 aromatic carbocycles. The van der Waals surface area contributed by atoms with Crippen LogP contribution in [0, 0.1) is 5.41 Å². The van der Waals surface area contributed by atoms with E-state index in [1.807, 2.05) is 30.6 Å². The number of nitrogens with zero attached hydrogens (tertiary/aromatic N) is 3. The monoisotopic (exact) mass is 487 g/mol.